The summed E-state index contributed by atoms with van der Waals surface area (Å²) in [7, 11) is 1.39. The van der Waals surface area contributed by atoms with Crippen LogP contribution in [-0.4, -0.2) is 19.4 Å². The van der Waals surface area contributed by atoms with Gasteiger partial charge >= 0.3 is 5.97 Å². The van der Waals surface area contributed by atoms with E-state index in [2.05, 4.69) is 0 Å². The Hall–Kier alpha value is -2.42. The highest BCUT2D eigenvalue weighted by atomic mass is 16.5. The molecule has 22 heavy (non-hydrogen) atoms. The number of esters is 1. The van der Waals surface area contributed by atoms with Crippen molar-refractivity contribution in [1.29, 1.82) is 0 Å². The molecule has 2 atom stereocenters. The summed E-state index contributed by atoms with van der Waals surface area (Å²) in [5.74, 6) is -0.387. The van der Waals surface area contributed by atoms with Crippen molar-refractivity contribution in [2.45, 2.75) is 24.7 Å². The van der Waals surface area contributed by atoms with Gasteiger partial charge in [-0.3, -0.25) is 4.79 Å². The van der Waals surface area contributed by atoms with Gasteiger partial charge in [0.2, 0.25) is 0 Å². The van der Waals surface area contributed by atoms with E-state index in [-0.39, 0.29) is 24.2 Å². The van der Waals surface area contributed by atoms with Crippen LogP contribution in [0.15, 0.2) is 60.7 Å². The normalized spacial score (nSPS) is 13.1. The van der Waals surface area contributed by atoms with Crippen LogP contribution < -0.4 is 0 Å². The van der Waals surface area contributed by atoms with Gasteiger partial charge in [0.1, 0.15) is 6.29 Å². The van der Waals surface area contributed by atoms with Gasteiger partial charge in [-0.25, -0.2) is 0 Å². The third-order valence-corrected chi connectivity index (χ3v) is 3.91. The number of ether oxygens (including phenoxy) is 1. The quantitative estimate of drug-likeness (QED) is 0.578. The minimum atomic E-state index is -0.263. The largest absolute Gasteiger partial charge is 0.469 e. The SMILES string of the molecule is COC(=O)CC(c1ccccc1)C(CC=O)c1ccccc1. The van der Waals surface area contributed by atoms with E-state index in [9.17, 15) is 9.59 Å². The van der Waals surface area contributed by atoms with Gasteiger partial charge in [-0.05, 0) is 17.0 Å². The summed E-state index contributed by atoms with van der Waals surface area (Å²) >= 11 is 0. The summed E-state index contributed by atoms with van der Waals surface area (Å²) in [6, 6.07) is 19.7. The minimum Gasteiger partial charge on any atom is -0.469 e. The number of benzene rings is 2. The Morgan fingerprint density at radius 3 is 1.91 bits per heavy atom. The van der Waals surface area contributed by atoms with Gasteiger partial charge in [-0.1, -0.05) is 60.7 Å². The average molecular weight is 296 g/mol. The molecule has 0 bridgehead atoms. The van der Waals surface area contributed by atoms with Crippen LogP contribution in [0.25, 0.3) is 0 Å². The first-order valence-corrected chi connectivity index (χ1v) is 7.36. The zero-order valence-electron chi connectivity index (χ0n) is 12.6. The van der Waals surface area contributed by atoms with Crippen LogP contribution in [0.5, 0.6) is 0 Å². The fraction of sp³-hybridized carbons (Fsp3) is 0.263. The summed E-state index contributed by atoms with van der Waals surface area (Å²) in [6.45, 7) is 0. The van der Waals surface area contributed by atoms with Crippen molar-refractivity contribution in [1.82, 2.24) is 0 Å². The highest BCUT2D eigenvalue weighted by Gasteiger charge is 2.27. The third kappa shape index (κ3) is 4.04. The summed E-state index contributed by atoms with van der Waals surface area (Å²) in [4.78, 5) is 23.0. The average Bonchev–Trinajstić information content (AvgIpc) is 2.59. The second kappa shape index (κ2) is 8.13. The van der Waals surface area contributed by atoms with Crippen molar-refractivity contribution < 1.29 is 14.3 Å². The van der Waals surface area contributed by atoms with Gasteiger partial charge in [0, 0.05) is 12.3 Å². The lowest BCUT2D eigenvalue weighted by Gasteiger charge is -2.26. The summed E-state index contributed by atoms with van der Waals surface area (Å²) < 4.78 is 4.84. The van der Waals surface area contributed by atoms with E-state index in [1.54, 1.807) is 0 Å². The zero-order valence-corrected chi connectivity index (χ0v) is 12.6. The third-order valence-electron chi connectivity index (χ3n) is 3.91. The Bertz CT molecular complexity index is 593. The van der Waals surface area contributed by atoms with Crippen molar-refractivity contribution in [2.24, 2.45) is 0 Å². The highest BCUT2D eigenvalue weighted by Crippen LogP contribution is 2.37. The molecule has 0 heterocycles. The summed E-state index contributed by atoms with van der Waals surface area (Å²) in [5, 5.41) is 0. The van der Waals surface area contributed by atoms with Crippen LogP contribution in [0.3, 0.4) is 0 Å². The van der Waals surface area contributed by atoms with Crippen LogP contribution >= 0.6 is 0 Å². The second-order valence-electron chi connectivity index (χ2n) is 5.22. The van der Waals surface area contributed by atoms with Gasteiger partial charge in [0.15, 0.2) is 0 Å². The van der Waals surface area contributed by atoms with Crippen molar-refractivity contribution in [2.75, 3.05) is 7.11 Å². The number of carbonyl (C=O) groups is 2. The molecule has 2 aromatic rings. The molecule has 0 spiro atoms. The van der Waals surface area contributed by atoms with Crippen molar-refractivity contribution in [3.05, 3.63) is 71.8 Å². The lowest BCUT2D eigenvalue weighted by Crippen LogP contribution is -2.17. The van der Waals surface area contributed by atoms with E-state index < -0.39 is 0 Å². The number of rotatable bonds is 7. The Labute approximate surface area is 130 Å². The molecule has 3 nitrogen and oxygen atoms in total. The lowest BCUT2D eigenvalue weighted by atomic mass is 9.78. The van der Waals surface area contributed by atoms with Crippen LogP contribution in [0.1, 0.15) is 35.8 Å². The number of hydrogen-bond acceptors (Lipinski definition) is 3. The van der Waals surface area contributed by atoms with Crippen molar-refractivity contribution in [3.63, 3.8) is 0 Å². The van der Waals surface area contributed by atoms with Crippen molar-refractivity contribution in [3.8, 4) is 0 Å². The molecule has 2 unspecified atom stereocenters. The second-order valence-corrected chi connectivity index (χ2v) is 5.22. The lowest BCUT2D eigenvalue weighted by molar-refractivity contribution is -0.141. The van der Waals surface area contributed by atoms with E-state index in [1.165, 1.54) is 7.11 Å². The number of aldehydes is 1. The Morgan fingerprint density at radius 2 is 1.45 bits per heavy atom. The van der Waals surface area contributed by atoms with Gasteiger partial charge < -0.3 is 9.53 Å². The van der Waals surface area contributed by atoms with E-state index in [0.717, 1.165) is 17.4 Å². The summed E-state index contributed by atoms with van der Waals surface area (Å²) in [6.07, 6.45) is 1.55. The molecule has 0 aliphatic carbocycles. The van der Waals surface area contributed by atoms with Gasteiger partial charge in [-0.15, -0.1) is 0 Å². The highest BCUT2D eigenvalue weighted by molar-refractivity contribution is 5.71. The Morgan fingerprint density at radius 1 is 0.955 bits per heavy atom. The zero-order chi connectivity index (χ0) is 15.8. The first-order chi connectivity index (χ1) is 10.8. The molecule has 0 aliphatic rings. The van der Waals surface area contributed by atoms with Gasteiger partial charge in [0.25, 0.3) is 0 Å². The molecule has 0 saturated heterocycles. The van der Waals surface area contributed by atoms with Crippen LogP contribution in [0.4, 0.5) is 0 Å². The number of hydrogen-bond donors (Lipinski definition) is 0. The molecule has 2 aromatic carbocycles. The minimum absolute atomic E-state index is 0.0415. The topological polar surface area (TPSA) is 43.4 Å². The molecule has 114 valence electrons. The number of carbonyl (C=O) groups excluding carboxylic acids is 2. The standard InChI is InChI=1S/C19H20O3/c1-22-19(21)14-18(16-10-6-3-7-11-16)17(12-13-20)15-8-4-2-5-9-15/h2-11,13,17-18H,12,14H2,1H3. The Kier molecular flexibility index (Phi) is 5.90. The van der Waals surface area contributed by atoms with Crippen LogP contribution in [0, 0.1) is 0 Å². The molecule has 0 amide bonds. The molecule has 0 N–H and O–H groups in total. The van der Waals surface area contributed by atoms with Gasteiger partial charge in [-0.2, -0.15) is 0 Å². The molecule has 0 fully saturated rings. The monoisotopic (exact) mass is 296 g/mol. The molecule has 0 aromatic heterocycles. The molecule has 0 aliphatic heterocycles. The number of methoxy groups -OCH3 is 1. The molecule has 3 heteroatoms. The maximum absolute atomic E-state index is 11.8. The smallest absolute Gasteiger partial charge is 0.306 e. The first kappa shape index (κ1) is 16.0. The molecular formula is C19H20O3. The Balaban J connectivity index is 2.39. The van der Waals surface area contributed by atoms with Gasteiger partial charge in [0.05, 0.1) is 13.5 Å². The van der Waals surface area contributed by atoms with E-state index in [4.69, 9.17) is 4.74 Å². The maximum atomic E-state index is 11.8. The maximum Gasteiger partial charge on any atom is 0.306 e. The fourth-order valence-corrected chi connectivity index (χ4v) is 2.79. The van der Waals surface area contributed by atoms with Crippen molar-refractivity contribution >= 4 is 12.3 Å². The predicted octanol–water partition coefficient (Wildman–Crippen LogP) is 3.71. The van der Waals surface area contributed by atoms with E-state index in [0.29, 0.717) is 6.42 Å². The first-order valence-electron chi connectivity index (χ1n) is 7.36. The van der Waals surface area contributed by atoms with Crippen LogP contribution in [-0.2, 0) is 14.3 Å². The molecule has 0 saturated carbocycles. The van der Waals surface area contributed by atoms with E-state index in [1.807, 2.05) is 60.7 Å². The molecular weight excluding hydrogens is 276 g/mol. The van der Waals surface area contributed by atoms with E-state index >= 15 is 0 Å². The van der Waals surface area contributed by atoms with Crippen LogP contribution in [0.2, 0.25) is 0 Å². The summed E-state index contributed by atoms with van der Waals surface area (Å²) in [5.41, 5.74) is 2.11. The molecule has 2 rings (SSSR count). The fourth-order valence-electron chi connectivity index (χ4n) is 2.79. The predicted molar refractivity (Wildman–Crippen MR) is 85.7 cm³/mol. The molecule has 0 radical (unpaired) electrons.